The van der Waals surface area contributed by atoms with Crippen LogP contribution in [0.1, 0.15) is 11.1 Å². The highest BCUT2D eigenvalue weighted by molar-refractivity contribution is 6.12. The van der Waals surface area contributed by atoms with Crippen LogP contribution in [0.4, 0.5) is 5.69 Å². The number of nitrogens with one attached hydrogen (secondary N) is 1. The molecule has 6 heteroatoms. The van der Waals surface area contributed by atoms with Crippen LogP contribution in [0, 0.1) is 0 Å². The van der Waals surface area contributed by atoms with Gasteiger partial charge in [0.25, 0.3) is 0 Å². The van der Waals surface area contributed by atoms with Gasteiger partial charge in [0, 0.05) is 40.0 Å². The van der Waals surface area contributed by atoms with E-state index in [1.54, 1.807) is 0 Å². The zero-order valence-corrected chi connectivity index (χ0v) is 17.1. The molecule has 1 atom stereocenters. The summed E-state index contributed by atoms with van der Waals surface area (Å²) in [5, 5.41) is 4.14. The standard InChI is InChI=1S/C26H18N2O4/c29-25-26(14-32-21-12-23-22(11-18(21)26)30-8-9-31-23)24-17(5-3-7-20(24)28-25)16-10-15-4-1-2-6-19(15)27-13-16/h1-7,10-13H,8-9,14H2,(H,28,29). The number of para-hydroxylation sites is 1. The molecule has 3 aromatic carbocycles. The topological polar surface area (TPSA) is 69.7 Å². The molecule has 1 N–H and O–H groups in total. The van der Waals surface area contributed by atoms with E-state index in [-0.39, 0.29) is 12.5 Å². The van der Waals surface area contributed by atoms with Gasteiger partial charge >= 0.3 is 0 Å². The molecule has 1 aromatic heterocycles. The van der Waals surface area contributed by atoms with Crippen molar-refractivity contribution >= 4 is 22.5 Å². The molecular weight excluding hydrogens is 404 g/mol. The normalized spacial score (nSPS) is 20.1. The van der Waals surface area contributed by atoms with Crippen molar-refractivity contribution in [3.63, 3.8) is 0 Å². The van der Waals surface area contributed by atoms with Gasteiger partial charge in [-0.15, -0.1) is 0 Å². The number of rotatable bonds is 1. The monoisotopic (exact) mass is 422 g/mol. The Hall–Kier alpha value is -4.06. The largest absolute Gasteiger partial charge is 0.491 e. The number of amides is 1. The SMILES string of the molecule is O=C1Nc2cccc(-c3cnc4ccccc4c3)c2C12COc1cc3c(cc12)OCCO3. The van der Waals surface area contributed by atoms with Crippen molar-refractivity contribution in [2.75, 3.05) is 25.1 Å². The van der Waals surface area contributed by atoms with Gasteiger partial charge in [-0.1, -0.05) is 30.3 Å². The molecule has 0 bridgehead atoms. The van der Waals surface area contributed by atoms with E-state index in [0.29, 0.717) is 30.5 Å². The van der Waals surface area contributed by atoms with Gasteiger partial charge in [-0.2, -0.15) is 0 Å². The van der Waals surface area contributed by atoms with E-state index in [1.165, 1.54) is 0 Å². The third kappa shape index (κ3) is 2.24. The molecule has 156 valence electrons. The van der Waals surface area contributed by atoms with Crippen LogP contribution in [0.3, 0.4) is 0 Å². The van der Waals surface area contributed by atoms with E-state index < -0.39 is 5.41 Å². The number of fused-ring (bicyclic) bond motifs is 6. The van der Waals surface area contributed by atoms with Crippen LogP contribution < -0.4 is 19.5 Å². The molecule has 7 rings (SSSR count). The molecule has 1 unspecified atom stereocenters. The highest BCUT2D eigenvalue weighted by Crippen LogP contribution is 2.55. The molecule has 3 aliphatic heterocycles. The summed E-state index contributed by atoms with van der Waals surface area (Å²) in [6.45, 7) is 1.21. The van der Waals surface area contributed by atoms with Crippen molar-refractivity contribution < 1.29 is 19.0 Å². The fraction of sp³-hybridized carbons (Fsp3) is 0.154. The number of hydrogen-bond donors (Lipinski definition) is 1. The zero-order chi connectivity index (χ0) is 21.3. The maximum Gasteiger partial charge on any atom is 0.243 e. The van der Waals surface area contributed by atoms with Crippen LogP contribution in [0.25, 0.3) is 22.0 Å². The average molecular weight is 422 g/mol. The van der Waals surface area contributed by atoms with Crippen molar-refractivity contribution in [1.82, 2.24) is 4.98 Å². The predicted octanol–water partition coefficient (Wildman–Crippen LogP) is 4.30. The van der Waals surface area contributed by atoms with Crippen LogP contribution in [-0.4, -0.2) is 30.7 Å². The quantitative estimate of drug-likeness (QED) is 0.495. The smallest absolute Gasteiger partial charge is 0.243 e. The highest BCUT2D eigenvalue weighted by atomic mass is 16.6. The second kappa shape index (κ2) is 6.23. The number of hydrogen-bond acceptors (Lipinski definition) is 5. The molecule has 1 amide bonds. The van der Waals surface area contributed by atoms with Crippen LogP contribution in [0.15, 0.2) is 66.9 Å². The minimum Gasteiger partial charge on any atom is -0.491 e. The average Bonchev–Trinajstić information content (AvgIpc) is 3.35. The third-order valence-electron chi connectivity index (χ3n) is 6.58. The molecule has 0 saturated carbocycles. The summed E-state index contributed by atoms with van der Waals surface area (Å²) < 4.78 is 17.6. The molecule has 32 heavy (non-hydrogen) atoms. The van der Waals surface area contributed by atoms with Gasteiger partial charge in [0.15, 0.2) is 11.5 Å². The second-order valence-corrected chi connectivity index (χ2v) is 8.28. The third-order valence-corrected chi connectivity index (χ3v) is 6.58. The van der Waals surface area contributed by atoms with Crippen LogP contribution in [-0.2, 0) is 10.2 Å². The Kier molecular flexibility index (Phi) is 3.43. The Bertz CT molecular complexity index is 1450. The number of nitrogens with zero attached hydrogens (tertiary/aromatic N) is 1. The van der Waals surface area contributed by atoms with E-state index >= 15 is 0 Å². The van der Waals surface area contributed by atoms with Gasteiger partial charge in [-0.3, -0.25) is 9.78 Å². The molecule has 0 aliphatic carbocycles. The number of carbonyl (C=O) groups excluding carboxylic acids is 1. The van der Waals surface area contributed by atoms with Crippen molar-refractivity contribution in [2.45, 2.75) is 5.41 Å². The first kappa shape index (κ1) is 17.6. The number of pyridine rings is 1. The molecule has 6 nitrogen and oxygen atoms in total. The Morgan fingerprint density at radius 3 is 2.62 bits per heavy atom. The molecule has 0 fully saturated rings. The summed E-state index contributed by atoms with van der Waals surface area (Å²) in [6.07, 6.45) is 1.87. The van der Waals surface area contributed by atoms with Gasteiger partial charge in [-0.25, -0.2) is 0 Å². The lowest BCUT2D eigenvalue weighted by Crippen LogP contribution is -2.37. The van der Waals surface area contributed by atoms with E-state index in [9.17, 15) is 4.79 Å². The van der Waals surface area contributed by atoms with Crippen molar-refractivity contribution in [1.29, 1.82) is 0 Å². The summed E-state index contributed by atoms with van der Waals surface area (Å²) in [4.78, 5) is 18.1. The molecule has 4 aromatic rings. The fourth-order valence-corrected chi connectivity index (χ4v) is 5.10. The van der Waals surface area contributed by atoms with E-state index in [2.05, 4.69) is 16.4 Å². The van der Waals surface area contributed by atoms with Gasteiger partial charge in [-0.05, 0) is 29.8 Å². The lowest BCUT2D eigenvalue weighted by atomic mass is 9.74. The first-order chi connectivity index (χ1) is 15.7. The van der Waals surface area contributed by atoms with Gasteiger partial charge in [0.05, 0.1) is 5.52 Å². The Balaban J connectivity index is 1.47. The Labute approximate surface area is 183 Å². The summed E-state index contributed by atoms with van der Waals surface area (Å²) in [7, 11) is 0. The Morgan fingerprint density at radius 2 is 1.72 bits per heavy atom. The first-order valence-corrected chi connectivity index (χ1v) is 10.6. The lowest BCUT2D eigenvalue weighted by molar-refractivity contribution is -0.119. The number of carbonyl (C=O) groups is 1. The van der Waals surface area contributed by atoms with E-state index in [4.69, 9.17) is 14.2 Å². The highest BCUT2D eigenvalue weighted by Gasteiger charge is 2.55. The summed E-state index contributed by atoms with van der Waals surface area (Å²) in [5.74, 6) is 1.86. The predicted molar refractivity (Wildman–Crippen MR) is 120 cm³/mol. The van der Waals surface area contributed by atoms with Crippen molar-refractivity contribution in [2.24, 2.45) is 0 Å². The molecular formula is C26H18N2O4. The number of anilines is 1. The summed E-state index contributed by atoms with van der Waals surface area (Å²) in [6, 6.07) is 19.8. The molecule has 0 radical (unpaired) electrons. The van der Waals surface area contributed by atoms with Gasteiger partial charge < -0.3 is 19.5 Å². The second-order valence-electron chi connectivity index (χ2n) is 8.28. The van der Waals surface area contributed by atoms with Crippen molar-refractivity contribution in [3.05, 3.63) is 78.0 Å². The lowest BCUT2D eigenvalue weighted by Gasteiger charge is -2.25. The van der Waals surface area contributed by atoms with Crippen LogP contribution >= 0.6 is 0 Å². The van der Waals surface area contributed by atoms with Gasteiger partial charge in [0.1, 0.15) is 31.0 Å². The van der Waals surface area contributed by atoms with Crippen molar-refractivity contribution in [3.8, 4) is 28.4 Å². The number of aromatic nitrogens is 1. The maximum absolute atomic E-state index is 13.5. The maximum atomic E-state index is 13.5. The number of benzene rings is 3. The van der Waals surface area contributed by atoms with E-state index in [0.717, 1.165) is 38.8 Å². The molecule has 1 spiro atoms. The van der Waals surface area contributed by atoms with Crippen LogP contribution in [0.5, 0.6) is 17.2 Å². The number of ether oxygens (including phenoxy) is 3. The summed E-state index contributed by atoms with van der Waals surface area (Å²) in [5.41, 5.74) is 4.42. The fourth-order valence-electron chi connectivity index (χ4n) is 5.10. The molecule has 3 aliphatic rings. The minimum atomic E-state index is -0.956. The van der Waals surface area contributed by atoms with E-state index in [1.807, 2.05) is 60.8 Å². The minimum absolute atomic E-state index is 0.0934. The summed E-state index contributed by atoms with van der Waals surface area (Å²) >= 11 is 0. The van der Waals surface area contributed by atoms with Gasteiger partial charge in [0.2, 0.25) is 5.91 Å². The Morgan fingerprint density at radius 1 is 0.875 bits per heavy atom. The first-order valence-electron chi connectivity index (χ1n) is 10.6. The molecule has 4 heterocycles. The molecule has 0 saturated heterocycles. The zero-order valence-electron chi connectivity index (χ0n) is 17.1. The van der Waals surface area contributed by atoms with Crippen LogP contribution in [0.2, 0.25) is 0 Å².